The number of piperidine rings is 1. The van der Waals surface area contributed by atoms with Gasteiger partial charge in [-0.1, -0.05) is 30.7 Å². The van der Waals surface area contributed by atoms with Crippen molar-refractivity contribution < 1.29 is 0 Å². The highest BCUT2D eigenvalue weighted by Crippen LogP contribution is 2.28. The van der Waals surface area contributed by atoms with Gasteiger partial charge in [0.2, 0.25) is 5.95 Å². The van der Waals surface area contributed by atoms with Crippen molar-refractivity contribution in [1.29, 1.82) is 0 Å². The van der Waals surface area contributed by atoms with Gasteiger partial charge in [-0.15, -0.1) is 0 Å². The molecular weight excluding hydrogens is 292 g/mol. The van der Waals surface area contributed by atoms with Gasteiger partial charge in [0.05, 0.1) is 0 Å². The fourth-order valence-corrected chi connectivity index (χ4v) is 3.67. The van der Waals surface area contributed by atoms with E-state index in [0.717, 1.165) is 16.5 Å². The molecule has 0 aliphatic carbocycles. The Morgan fingerprint density at radius 1 is 1.09 bits per heavy atom. The van der Waals surface area contributed by atoms with Crippen molar-refractivity contribution in [2.45, 2.75) is 32.2 Å². The van der Waals surface area contributed by atoms with E-state index in [9.17, 15) is 0 Å². The molecule has 0 saturated carbocycles. The summed E-state index contributed by atoms with van der Waals surface area (Å²) >= 11 is 1.46. The van der Waals surface area contributed by atoms with Gasteiger partial charge in [-0.2, -0.15) is 9.36 Å². The van der Waals surface area contributed by atoms with E-state index in [4.69, 9.17) is 0 Å². The van der Waals surface area contributed by atoms with E-state index in [2.05, 4.69) is 45.4 Å². The monoisotopic (exact) mass is 316 g/mol. The molecule has 1 aliphatic heterocycles. The quantitative estimate of drug-likeness (QED) is 0.858. The molecule has 1 atom stereocenters. The van der Waals surface area contributed by atoms with Gasteiger partial charge in [-0.25, -0.2) is 0 Å². The van der Waals surface area contributed by atoms with Crippen LogP contribution in [0, 0.1) is 0 Å². The van der Waals surface area contributed by atoms with E-state index >= 15 is 0 Å². The van der Waals surface area contributed by atoms with Crippen LogP contribution in [-0.4, -0.2) is 41.4 Å². The predicted molar refractivity (Wildman–Crippen MR) is 93.5 cm³/mol. The summed E-state index contributed by atoms with van der Waals surface area (Å²) < 4.78 is 4.37. The van der Waals surface area contributed by atoms with Crippen LogP contribution in [0.15, 0.2) is 24.3 Å². The van der Waals surface area contributed by atoms with Gasteiger partial charge in [0.1, 0.15) is 5.01 Å². The number of anilines is 1. The molecule has 118 valence electrons. The van der Waals surface area contributed by atoms with Crippen molar-refractivity contribution in [3.63, 3.8) is 0 Å². The zero-order valence-electron chi connectivity index (χ0n) is 13.6. The second-order valence-electron chi connectivity index (χ2n) is 6.19. The molecule has 0 spiro atoms. The molecule has 2 aromatic rings. The Kier molecular flexibility index (Phi) is 4.74. The Morgan fingerprint density at radius 3 is 2.36 bits per heavy atom. The molecule has 1 aromatic heterocycles. The van der Waals surface area contributed by atoms with Crippen LogP contribution >= 0.6 is 11.5 Å². The van der Waals surface area contributed by atoms with Crippen LogP contribution in [0.5, 0.6) is 0 Å². The standard InChI is InChI=1S/C17H24N4S/c1-13(21-11-5-4-6-12-21)14-7-9-15(10-8-14)16-18-17(19-22-16)20(2)3/h7-10,13H,4-6,11-12H2,1-3H3/t13-/m1/s1. The van der Waals surface area contributed by atoms with Crippen molar-refractivity contribution in [2.24, 2.45) is 0 Å². The molecule has 0 radical (unpaired) electrons. The van der Waals surface area contributed by atoms with E-state index < -0.39 is 0 Å². The topological polar surface area (TPSA) is 32.3 Å². The SMILES string of the molecule is C[C@H](c1ccc(-c2nc(N(C)C)ns2)cc1)N1CCCCC1. The van der Waals surface area contributed by atoms with Gasteiger partial charge < -0.3 is 4.90 Å². The highest BCUT2D eigenvalue weighted by Gasteiger charge is 2.18. The number of hydrogen-bond acceptors (Lipinski definition) is 5. The molecule has 2 heterocycles. The van der Waals surface area contributed by atoms with Crippen LogP contribution in [0.25, 0.3) is 10.6 Å². The van der Waals surface area contributed by atoms with Gasteiger partial charge in [-0.05, 0) is 50.0 Å². The maximum Gasteiger partial charge on any atom is 0.237 e. The fourth-order valence-electron chi connectivity index (χ4n) is 2.94. The van der Waals surface area contributed by atoms with Crippen LogP contribution in [-0.2, 0) is 0 Å². The molecule has 3 rings (SSSR count). The van der Waals surface area contributed by atoms with Crippen LogP contribution < -0.4 is 4.90 Å². The third kappa shape index (κ3) is 3.31. The van der Waals surface area contributed by atoms with E-state index in [1.165, 1.54) is 49.4 Å². The number of benzene rings is 1. The third-order valence-electron chi connectivity index (χ3n) is 4.39. The van der Waals surface area contributed by atoms with Gasteiger partial charge in [0.25, 0.3) is 0 Å². The molecular formula is C17H24N4S. The van der Waals surface area contributed by atoms with Gasteiger partial charge in [-0.3, -0.25) is 4.90 Å². The fraction of sp³-hybridized carbons (Fsp3) is 0.529. The van der Waals surface area contributed by atoms with Crippen molar-refractivity contribution in [2.75, 3.05) is 32.1 Å². The van der Waals surface area contributed by atoms with Crippen molar-refractivity contribution in [3.05, 3.63) is 29.8 Å². The normalized spacial score (nSPS) is 17.4. The van der Waals surface area contributed by atoms with Crippen LogP contribution in [0.3, 0.4) is 0 Å². The van der Waals surface area contributed by atoms with E-state index in [-0.39, 0.29) is 0 Å². The molecule has 4 nitrogen and oxygen atoms in total. The van der Waals surface area contributed by atoms with Crippen LogP contribution in [0.4, 0.5) is 5.95 Å². The first-order chi connectivity index (χ1) is 10.6. The van der Waals surface area contributed by atoms with Crippen molar-refractivity contribution >= 4 is 17.5 Å². The third-order valence-corrected chi connectivity index (χ3v) is 5.15. The zero-order chi connectivity index (χ0) is 15.5. The van der Waals surface area contributed by atoms with Crippen LogP contribution in [0.2, 0.25) is 0 Å². The minimum absolute atomic E-state index is 0.501. The summed E-state index contributed by atoms with van der Waals surface area (Å²) in [6.07, 6.45) is 4.05. The molecule has 1 saturated heterocycles. The lowest BCUT2D eigenvalue weighted by molar-refractivity contribution is 0.175. The number of aromatic nitrogens is 2. The minimum Gasteiger partial charge on any atom is -0.346 e. The smallest absolute Gasteiger partial charge is 0.237 e. The Labute approximate surface area is 137 Å². The first-order valence-electron chi connectivity index (χ1n) is 8.00. The minimum atomic E-state index is 0.501. The summed E-state index contributed by atoms with van der Waals surface area (Å²) in [4.78, 5) is 9.10. The zero-order valence-corrected chi connectivity index (χ0v) is 14.4. The Bertz CT molecular complexity index is 599. The Morgan fingerprint density at radius 2 is 1.77 bits per heavy atom. The van der Waals surface area contributed by atoms with E-state index in [1.54, 1.807) is 0 Å². The lowest BCUT2D eigenvalue weighted by Crippen LogP contribution is -2.32. The lowest BCUT2D eigenvalue weighted by Gasteiger charge is -2.32. The number of nitrogens with zero attached hydrogens (tertiary/aromatic N) is 4. The van der Waals surface area contributed by atoms with Gasteiger partial charge in [0, 0.05) is 25.7 Å². The molecule has 1 aliphatic rings. The molecule has 1 aromatic carbocycles. The molecule has 0 N–H and O–H groups in total. The predicted octanol–water partition coefficient (Wildman–Crippen LogP) is 3.82. The summed E-state index contributed by atoms with van der Waals surface area (Å²) in [6.45, 7) is 4.77. The maximum absolute atomic E-state index is 4.57. The summed E-state index contributed by atoms with van der Waals surface area (Å²) in [5, 5.41) is 0.987. The van der Waals surface area contributed by atoms with E-state index in [1.807, 2.05) is 19.0 Å². The summed E-state index contributed by atoms with van der Waals surface area (Å²) in [5.41, 5.74) is 2.54. The average molecular weight is 316 g/mol. The Hall–Kier alpha value is -1.46. The number of hydrogen-bond donors (Lipinski definition) is 0. The first-order valence-corrected chi connectivity index (χ1v) is 8.78. The molecule has 0 unspecified atom stereocenters. The highest BCUT2D eigenvalue weighted by atomic mass is 32.1. The molecule has 0 amide bonds. The first kappa shape index (κ1) is 15.4. The molecule has 0 bridgehead atoms. The second kappa shape index (κ2) is 6.75. The largest absolute Gasteiger partial charge is 0.346 e. The second-order valence-corrected chi connectivity index (χ2v) is 6.94. The van der Waals surface area contributed by atoms with Gasteiger partial charge in [0.15, 0.2) is 0 Å². The van der Waals surface area contributed by atoms with Crippen LogP contribution in [0.1, 0.15) is 37.8 Å². The van der Waals surface area contributed by atoms with E-state index in [0.29, 0.717) is 6.04 Å². The summed E-state index contributed by atoms with van der Waals surface area (Å²) in [5.74, 6) is 0.783. The highest BCUT2D eigenvalue weighted by molar-refractivity contribution is 7.09. The molecule has 5 heteroatoms. The maximum atomic E-state index is 4.57. The average Bonchev–Trinajstić information content (AvgIpc) is 3.05. The Balaban J connectivity index is 1.74. The number of likely N-dealkylation sites (tertiary alicyclic amines) is 1. The lowest BCUT2D eigenvalue weighted by atomic mass is 10.0. The van der Waals surface area contributed by atoms with Crippen molar-refractivity contribution in [3.8, 4) is 10.6 Å². The molecule has 22 heavy (non-hydrogen) atoms. The number of rotatable bonds is 4. The summed E-state index contributed by atoms with van der Waals surface area (Å²) in [7, 11) is 3.93. The van der Waals surface area contributed by atoms with Gasteiger partial charge >= 0.3 is 0 Å². The molecule has 1 fully saturated rings. The summed E-state index contributed by atoms with van der Waals surface area (Å²) in [6, 6.07) is 9.34. The van der Waals surface area contributed by atoms with Crippen molar-refractivity contribution in [1.82, 2.24) is 14.3 Å².